The molecule has 0 bridgehead atoms. The van der Waals surface area contributed by atoms with Gasteiger partial charge in [-0.3, -0.25) is 19.6 Å². The molecule has 0 saturated carbocycles. The van der Waals surface area contributed by atoms with Gasteiger partial charge in [-0.1, -0.05) is 12.1 Å². The first-order chi connectivity index (χ1) is 17.7. The van der Waals surface area contributed by atoms with Crippen molar-refractivity contribution in [1.82, 2.24) is 10.6 Å². The Morgan fingerprint density at radius 2 is 0.947 bits per heavy atom. The van der Waals surface area contributed by atoms with E-state index >= 15 is 0 Å². The van der Waals surface area contributed by atoms with Crippen LogP contribution in [0.1, 0.15) is 44.7 Å². The van der Waals surface area contributed by atoms with Gasteiger partial charge < -0.3 is 21.3 Å². The summed E-state index contributed by atoms with van der Waals surface area (Å²) in [5.74, 6) is 1.33. The lowest BCUT2D eigenvalue weighted by molar-refractivity contribution is 0.102. The van der Waals surface area contributed by atoms with Crippen molar-refractivity contribution in [3.8, 4) is 0 Å². The van der Waals surface area contributed by atoms with Crippen LogP contribution in [0.15, 0.2) is 82.8 Å². The number of hydrogen-bond acceptors (Lipinski definition) is 6. The molecule has 2 aliphatic rings. The fourth-order valence-corrected chi connectivity index (χ4v) is 4.05. The molecule has 2 aliphatic heterocycles. The molecule has 0 saturated heterocycles. The van der Waals surface area contributed by atoms with Crippen molar-refractivity contribution < 1.29 is 9.59 Å². The molecule has 8 nitrogen and oxygen atoms in total. The maximum atomic E-state index is 12.7. The molecule has 4 N–H and O–H groups in total. The molecule has 0 aromatic heterocycles. The van der Waals surface area contributed by atoms with E-state index in [1.807, 2.05) is 36.4 Å². The van der Waals surface area contributed by atoms with Gasteiger partial charge in [0.15, 0.2) is 0 Å². The van der Waals surface area contributed by atoms with Gasteiger partial charge in [0.1, 0.15) is 11.7 Å². The van der Waals surface area contributed by atoms with Crippen LogP contribution in [-0.2, 0) is 0 Å². The number of benzene rings is 3. The zero-order chi connectivity index (χ0) is 24.7. The van der Waals surface area contributed by atoms with Crippen LogP contribution >= 0.6 is 24.8 Å². The smallest absolute Gasteiger partial charge is 0.255 e. The molecule has 0 fully saturated rings. The molecule has 0 atom stereocenters. The third kappa shape index (κ3) is 7.12. The quantitative estimate of drug-likeness (QED) is 0.360. The fourth-order valence-electron chi connectivity index (χ4n) is 4.05. The van der Waals surface area contributed by atoms with Crippen LogP contribution in [0.4, 0.5) is 11.4 Å². The van der Waals surface area contributed by atoms with Crippen LogP contribution in [0.2, 0.25) is 0 Å². The van der Waals surface area contributed by atoms with Crippen LogP contribution in [0, 0.1) is 0 Å². The minimum absolute atomic E-state index is 0. The van der Waals surface area contributed by atoms with E-state index in [1.54, 1.807) is 36.4 Å². The number of aliphatic imine (C=N–C) groups is 2. The third-order valence-corrected chi connectivity index (χ3v) is 6.04. The van der Waals surface area contributed by atoms with Crippen LogP contribution < -0.4 is 21.3 Å². The maximum absolute atomic E-state index is 12.7. The first-order valence-electron chi connectivity index (χ1n) is 12.2. The highest BCUT2D eigenvalue weighted by Crippen LogP contribution is 2.16. The second-order valence-corrected chi connectivity index (χ2v) is 8.66. The summed E-state index contributed by atoms with van der Waals surface area (Å²) in [6, 6.07) is 21.8. The molecule has 0 aliphatic carbocycles. The number of amides is 2. The van der Waals surface area contributed by atoms with Gasteiger partial charge >= 0.3 is 0 Å². The first-order valence-corrected chi connectivity index (χ1v) is 12.2. The highest BCUT2D eigenvalue weighted by Gasteiger charge is 2.12. The van der Waals surface area contributed by atoms with Crippen LogP contribution in [0.25, 0.3) is 0 Å². The summed E-state index contributed by atoms with van der Waals surface area (Å²) in [5.41, 5.74) is 4.34. The number of nitrogens with one attached hydrogen (secondary N) is 4. The molecule has 198 valence electrons. The highest BCUT2D eigenvalue weighted by atomic mass is 35.5. The largest absolute Gasteiger partial charge is 0.370 e. The van der Waals surface area contributed by atoms with E-state index in [4.69, 9.17) is 0 Å². The minimum Gasteiger partial charge on any atom is -0.370 e. The summed E-state index contributed by atoms with van der Waals surface area (Å²) in [6.45, 7) is 3.49. The zero-order valence-corrected chi connectivity index (χ0v) is 22.3. The second-order valence-electron chi connectivity index (χ2n) is 8.66. The summed E-state index contributed by atoms with van der Waals surface area (Å²) < 4.78 is 0. The van der Waals surface area contributed by atoms with Gasteiger partial charge in [-0.05, 0) is 73.5 Å². The number of nitrogens with zero attached hydrogens (tertiary/aromatic N) is 2. The first kappa shape index (κ1) is 28.7. The Morgan fingerprint density at radius 1 is 0.579 bits per heavy atom. The lowest BCUT2D eigenvalue weighted by atomic mass is 10.1. The number of carbonyl (C=O) groups is 2. The predicted molar refractivity (Wildman–Crippen MR) is 158 cm³/mol. The number of hydrogen-bond donors (Lipinski definition) is 4. The Bertz CT molecular complexity index is 1310. The average Bonchev–Trinajstić information content (AvgIpc) is 2.95. The molecule has 38 heavy (non-hydrogen) atoms. The van der Waals surface area contributed by atoms with Gasteiger partial charge in [0.25, 0.3) is 11.8 Å². The highest BCUT2D eigenvalue weighted by molar-refractivity contribution is 6.07. The van der Waals surface area contributed by atoms with Gasteiger partial charge in [-0.2, -0.15) is 0 Å². The van der Waals surface area contributed by atoms with Crippen molar-refractivity contribution in [2.24, 2.45) is 9.98 Å². The van der Waals surface area contributed by atoms with E-state index in [-0.39, 0.29) is 36.6 Å². The normalized spacial score (nSPS) is 14.2. The molecule has 3 aromatic rings. The van der Waals surface area contributed by atoms with E-state index in [1.165, 1.54) is 0 Å². The van der Waals surface area contributed by atoms with Crippen molar-refractivity contribution >= 4 is 59.7 Å². The number of anilines is 2. The lowest BCUT2D eigenvalue weighted by Gasteiger charge is -2.15. The van der Waals surface area contributed by atoms with Gasteiger partial charge in [0, 0.05) is 59.8 Å². The monoisotopic (exact) mass is 552 g/mol. The van der Waals surface area contributed by atoms with E-state index in [0.717, 1.165) is 61.8 Å². The van der Waals surface area contributed by atoms with Crippen LogP contribution in [0.3, 0.4) is 0 Å². The van der Waals surface area contributed by atoms with Crippen molar-refractivity contribution in [2.75, 3.05) is 36.8 Å². The summed E-state index contributed by atoms with van der Waals surface area (Å²) in [6.07, 6.45) is 2.08. The predicted octanol–water partition coefficient (Wildman–Crippen LogP) is 4.51. The van der Waals surface area contributed by atoms with E-state index in [9.17, 15) is 9.59 Å². The summed E-state index contributed by atoms with van der Waals surface area (Å²) in [7, 11) is 0. The van der Waals surface area contributed by atoms with Gasteiger partial charge in [0.2, 0.25) is 0 Å². The average molecular weight is 553 g/mol. The molecule has 3 aromatic carbocycles. The molecular weight excluding hydrogens is 523 g/mol. The summed E-state index contributed by atoms with van der Waals surface area (Å²) >= 11 is 0. The SMILES string of the molecule is Cl.Cl.O=C(Nc1ccc(C2=NCCCN2)cc1)c1ccc(NC(=O)c2ccc(C3=NCCCN3)cc2)cc1. The van der Waals surface area contributed by atoms with Gasteiger partial charge in [0.05, 0.1) is 0 Å². The van der Waals surface area contributed by atoms with Crippen molar-refractivity contribution in [3.05, 3.63) is 95.1 Å². The Morgan fingerprint density at radius 3 is 1.34 bits per heavy atom. The Labute approximate surface area is 234 Å². The van der Waals surface area contributed by atoms with Crippen molar-refractivity contribution in [3.63, 3.8) is 0 Å². The fraction of sp³-hybridized carbons (Fsp3) is 0.214. The Kier molecular flexibility index (Phi) is 10.3. The molecular formula is C28H30Cl2N6O2. The van der Waals surface area contributed by atoms with Crippen molar-refractivity contribution in [1.29, 1.82) is 0 Å². The number of amidine groups is 2. The standard InChI is InChI=1S/C28H28N6O2.2ClH/c35-27(21-5-3-19(4-6-21)25-29-15-1-16-30-25)34-24-13-9-22(10-14-24)28(36)33-23-11-7-20(8-12-23)26-31-17-2-18-32-26;;/h3-14H,1-2,15-18H2,(H,29,30)(H,31,32)(H,33,36)(H,34,35);2*1H. The van der Waals surface area contributed by atoms with Crippen LogP contribution in [0.5, 0.6) is 0 Å². The molecule has 5 rings (SSSR count). The van der Waals surface area contributed by atoms with E-state index in [2.05, 4.69) is 31.3 Å². The Balaban J connectivity index is 0.00000200. The Hall–Kier alpha value is -3.88. The number of carbonyl (C=O) groups excluding carboxylic acids is 2. The van der Waals surface area contributed by atoms with E-state index in [0.29, 0.717) is 22.5 Å². The second kappa shape index (κ2) is 13.6. The molecule has 0 spiro atoms. The molecule has 2 amide bonds. The third-order valence-electron chi connectivity index (χ3n) is 6.04. The maximum Gasteiger partial charge on any atom is 0.255 e. The van der Waals surface area contributed by atoms with Crippen LogP contribution in [-0.4, -0.2) is 49.7 Å². The van der Waals surface area contributed by atoms with Gasteiger partial charge in [-0.25, -0.2) is 0 Å². The lowest BCUT2D eigenvalue weighted by Crippen LogP contribution is -2.30. The zero-order valence-electron chi connectivity index (χ0n) is 20.7. The molecule has 2 heterocycles. The molecule has 0 radical (unpaired) electrons. The number of halogens is 2. The van der Waals surface area contributed by atoms with Crippen molar-refractivity contribution in [2.45, 2.75) is 12.8 Å². The molecule has 10 heteroatoms. The summed E-state index contributed by atoms with van der Waals surface area (Å²) in [5, 5.41) is 12.4. The minimum atomic E-state index is -0.219. The topological polar surface area (TPSA) is 107 Å². The number of rotatable bonds is 6. The molecule has 0 unspecified atom stereocenters. The van der Waals surface area contributed by atoms with E-state index < -0.39 is 0 Å². The summed E-state index contributed by atoms with van der Waals surface area (Å²) in [4.78, 5) is 34.3. The van der Waals surface area contributed by atoms with Gasteiger partial charge in [-0.15, -0.1) is 24.8 Å².